The third-order valence-electron chi connectivity index (χ3n) is 3.49. The van der Waals surface area contributed by atoms with Gasteiger partial charge >= 0.3 is 5.97 Å². The van der Waals surface area contributed by atoms with E-state index in [4.69, 9.17) is 10.8 Å². The van der Waals surface area contributed by atoms with Crippen molar-refractivity contribution in [3.8, 4) is 0 Å². The smallest absolute Gasteiger partial charge is 0.335 e. The molecular weight excluding hydrogens is 260 g/mol. The molecule has 0 radical (unpaired) electrons. The molecule has 1 aliphatic rings. The van der Waals surface area contributed by atoms with E-state index in [1.54, 1.807) is 18.2 Å². The number of carboxylic acid groups (broad SMARTS) is 1. The summed E-state index contributed by atoms with van der Waals surface area (Å²) in [6, 6.07) is 5.79. The lowest BCUT2D eigenvalue weighted by atomic mass is 10.0. The number of hydrogen-bond acceptors (Lipinski definition) is 3. The van der Waals surface area contributed by atoms with Gasteiger partial charge in [0.2, 0.25) is 11.8 Å². The number of carbonyl (C=O) groups is 3. The second kappa shape index (κ2) is 5.73. The zero-order valence-corrected chi connectivity index (χ0v) is 10.9. The number of aromatic carboxylic acids is 1. The quantitative estimate of drug-likeness (QED) is 0.831. The molecule has 106 valence electrons. The number of nitrogens with two attached hydrogens (primary N) is 1. The van der Waals surface area contributed by atoms with Crippen LogP contribution in [-0.2, 0) is 16.0 Å². The van der Waals surface area contributed by atoms with Gasteiger partial charge in [-0.2, -0.15) is 0 Å². The summed E-state index contributed by atoms with van der Waals surface area (Å²) in [5.41, 5.74) is 5.82. The molecule has 0 bridgehead atoms. The maximum atomic E-state index is 12.2. The number of likely N-dealkylation sites (tertiary alicyclic amines) is 1. The van der Waals surface area contributed by atoms with E-state index in [1.807, 2.05) is 0 Å². The van der Waals surface area contributed by atoms with Gasteiger partial charge in [-0.05, 0) is 24.5 Å². The number of nitrogens with zero attached hydrogens (tertiary/aromatic N) is 1. The summed E-state index contributed by atoms with van der Waals surface area (Å²) in [7, 11) is 0. The van der Waals surface area contributed by atoms with Gasteiger partial charge in [0, 0.05) is 6.54 Å². The van der Waals surface area contributed by atoms with Gasteiger partial charge in [-0.1, -0.05) is 18.2 Å². The van der Waals surface area contributed by atoms with Gasteiger partial charge in [0.15, 0.2) is 0 Å². The molecule has 1 saturated heterocycles. The first kappa shape index (κ1) is 14.0. The number of rotatable bonds is 4. The normalized spacial score (nSPS) is 18.0. The van der Waals surface area contributed by atoms with Gasteiger partial charge in [-0.3, -0.25) is 9.59 Å². The molecule has 6 heteroatoms. The lowest BCUT2D eigenvalue weighted by Gasteiger charge is -2.22. The summed E-state index contributed by atoms with van der Waals surface area (Å²) < 4.78 is 0. The van der Waals surface area contributed by atoms with Crippen LogP contribution < -0.4 is 5.73 Å². The van der Waals surface area contributed by atoms with E-state index < -0.39 is 17.9 Å². The van der Waals surface area contributed by atoms with E-state index >= 15 is 0 Å². The Morgan fingerprint density at radius 3 is 2.65 bits per heavy atom. The minimum Gasteiger partial charge on any atom is -0.478 e. The molecule has 1 atom stereocenters. The molecule has 0 aliphatic carbocycles. The van der Waals surface area contributed by atoms with Crippen LogP contribution in [0, 0.1) is 0 Å². The average molecular weight is 276 g/mol. The molecular formula is C14H16N2O4. The van der Waals surface area contributed by atoms with E-state index in [0.717, 1.165) is 6.42 Å². The number of primary amides is 1. The van der Waals surface area contributed by atoms with Crippen LogP contribution in [0.5, 0.6) is 0 Å². The van der Waals surface area contributed by atoms with E-state index in [2.05, 4.69) is 0 Å². The molecule has 1 aromatic carbocycles. The molecule has 2 rings (SSSR count). The number of carbonyl (C=O) groups excluding carboxylic acids is 2. The maximum absolute atomic E-state index is 12.2. The van der Waals surface area contributed by atoms with Crippen molar-refractivity contribution in [2.75, 3.05) is 6.54 Å². The SMILES string of the molecule is NC(=O)[C@H]1CCCN1C(=O)Cc1ccccc1C(=O)O. The Morgan fingerprint density at radius 2 is 2.00 bits per heavy atom. The fraction of sp³-hybridized carbons (Fsp3) is 0.357. The number of carboxylic acids is 1. The Bertz CT molecular complexity index is 556. The molecule has 0 aromatic heterocycles. The predicted molar refractivity (Wildman–Crippen MR) is 71.0 cm³/mol. The van der Waals surface area contributed by atoms with E-state index in [-0.39, 0.29) is 17.9 Å². The summed E-state index contributed by atoms with van der Waals surface area (Å²) >= 11 is 0. The number of hydrogen-bond donors (Lipinski definition) is 2. The van der Waals surface area contributed by atoms with Crippen LogP contribution in [0.15, 0.2) is 24.3 Å². The van der Waals surface area contributed by atoms with Crippen LogP contribution in [0.25, 0.3) is 0 Å². The molecule has 0 unspecified atom stereocenters. The van der Waals surface area contributed by atoms with Crippen molar-refractivity contribution in [3.05, 3.63) is 35.4 Å². The van der Waals surface area contributed by atoms with Gasteiger partial charge in [0.25, 0.3) is 0 Å². The minimum absolute atomic E-state index is 0.0355. The van der Waals surface area contributed by atoms with Gasteiger partial charge in [0.1, 0.15) is 6.04 Å². The molecule has 3 N–H and O–H groups in total. The summed E-state index contributed by atoms with van der Waals surface area (Å²) in [5.74, 6) is -1.84. The topological polar surface area (TPSA) is 101 Å². The molecule has 0 spiro atoms. The Hall–Kier alpha value is -2.37. The van der Waals surface area contributed by atoms with Crippen molar-refractivity contribution in [1.29, 1.82) is 0 Å². The second-order valence-electron chi connectivity index (χ2n) is 4.79. The van der Waals surface area contributed by atoms with Gasteiger partial charge in [-0.25, -0.2) is 4.79 Å². The summed E-state index contributed by atoms with van der Waals surface area (Å²) in [6.07, 6.45) is 1.27. The van der Waals surface area contributed by atoms with Crippen LogP contribution in [0.4, 0.5) is 0 Å². The van der Waals surface area contributed by atoms with E-state index in [1.165, 1.54) is 11.0 Å². The Kier molecular flexibility index (Phi) is 4.02. The zero-order chi connectivity index (χ0) is 14.7. The largest absolute Gasteiger partial charge is 0.478 e. The molecule has 1 fully saturated rings. The Morgan fingerprint density at radius 1 is 1.30 bits per heavy atom. The summed E-state index contributed by atoms with van der Waals surface area (Å²) in [4.78, 5) is 36.1. The average Bonchev–Trinajstić information content (AvgIpc) is 2.88. The molecule has 1 heterocycles. The van der Waals surface area contributed by atoms with Crippen LogP contribution >= 0.6 is 0 Å². The fourth-order valence-corrected chi connectivity index (χ4v) is 2.51. The third kappa shape index (κ3) is 2.79. The van der Waals surface area contributed by atoms with Crippen LogP contribution in [0.3, 0.4) is 0 Å². The number of benzene rings is 1. The molecule has 2 amide bonds. The van der Waals surface area contributed by atoms with Crippen molar-refractivity contribution in [2.45, 2.75) is 25.3 Å². The Labute approximate surface area is 116 Å². The zero-order valence-electron chi connectivity index (χ0n) is 10.9. The van der Waals surface area contributed by atoms with Gasteiger partial charge < -0.3 is 15.7 Å². The lowest BCUT2D eigenvalue weighted by Crippen LogP contribution is -2.44. The molecule has 20 heavy (non-hydrogen) atoms. The Balaban J connectivity index is 2.16. The minimum atomic E-state index is -1.07. The predicted octanol–water partition coefficient (Wildman–Crippen LogP) is 0.404. The first-order chi connectivity index (χ1) is 9.50. The first-order valence-electron chi connectivity index (χ1n) is 6.40. The van der Waals surface area contributed by atoms with Crippen molar-refractivity contribution >= 4 is 17.8 Å². The fourth-order valence-electron chi connectivity index (χ4n) is 2.51. The highest BCUT2D eigenvalue weighted by Crippen LogP contribution is 2.19. The number of amides is 2. The van der Waals surface area contributed by atoms with Crippen molar-refractivity contribution in [1.82, 2.24) is 4.90 Å². The van der Waals surface area contributed by atoms with Crippen LogP contribution in [0.2, 0.25) is 0 Å². The highest BCUT2D eigenvalue weighted by molar-refractivity contribution is 5.93. The van der Waals surface area contributed by atoms with Gasteiger partial charge in [0.05, 0.1) is 12.0 Å². The lowest BCUT2D eigenvalue weighted by molar-refractivity contribution is -0.136. The summed E-state index contributed by atoms with van der Waals surface area (Å²) in [6.45, 7) is 0.488. The third-order valence-corrected chi connectivity index (χ3v) is 3.49. The highest BCUT2D eigenvalue weighted by Gasteiger charge is 2.32. The standard InChI is InChI=1S/C14H16N2O4/c15-13(18)11-6-3-7-16(11)12(17)8-9-4-1-2-5-10(9)14(19)20/h1-2,4-5,11H,3,6-8H2,(H2,15,18)(H,19,20)/t11-/m1/s1. The second-order valence-corrected chi connectivity index (χ2v) is 4.79. The summed E-state index contributed by atoms with van der Waals surface area (Å²) in [5, 5.41) is 9.09. The highest BCUT2D eigenvalue weighted by atomic mass is 16.4. The van der Waals surface area contributed by atoms with E-state index in [9.17, 15) is 14.4 Å². The molecule has 0 saturated carbocycles. The van der Waals surface area contributed by atoms with E-state index in [0.29, 0.717) is 18.5 Å². The van der Waals surface area contributed by atoms with Crippen LogP contribution in [-0.4, -0.2) is 40.4 Å². The van der Waals surface area contributed by atoms with Crippen molar-refractivity contribution in [3.63, 3.8) is 0 Å². The molecule has 1 aliphatic heterocycles. The van der Waals surface area contributed by atoms with Gasteiger partial charge in [-0.15, -0.1) is 0 Å². The maximum Gasteiger partial charge on any atom is 0.335 e. The monoisotopic (exact) mass is 276 g/mol. The molecule has 1 aromatic rings. The van der Waals surface area contributed by atoms with Crippen molar-refractivity contribution in [2.24, 2.45) is 5.73 Å². The first-order valence-corrected chi connectivity index (χ1v) is 6.40. The van der Waals surface area contributed by atoms with Crippen LogP contribution in [0.1, 0.15) is 28.8 Å². The molecule has 6 nitrogen and oxygen atoms in total. The van der Waals surface area contributed by atoms with Crippen molar-refractivity contribution < 1.29 is 19.5 Å².